The number of fused-ring (bicyclic) bond motifs is 1. The molecule has 0 radical (unpaired) electrons. The molecule has 1 aromatic heterocycles. The molecule has 1 amide bonds. The van der Waals surface area contributed by atoms with Crippen LogP contribution in [0.15, 0.2) is 57.7 Å². The van der Waals surface area contributed by atoms with Crippen LogP contribution in [-0.2, 0) is 0 Å². The molecule has 122 valence electrons. The lowest BCUT2D eigenvalue weighted by molar-refractivity contribution is 0.0936. The molecule has 6 heteroatoms. The minimum atomic E-state index is -0.680. The highest BCUT2D eigenvalue weighted by Crippen LogP contribution is 2.26. The molecule has 0 unspecified atom stereocenters. The standard InChI is InChI=1S/C18H13Cl2NO3/c1-10(13-7-6-12(19)9-15(13)20)21-17(22)14-8-11-4-2-3-5-16(11)24-18(14)23/h2-10H,1H3,(H,21,22)/t10-/m0/s1. The molecule has 3 aromatic rings. The average molecular weight is 362 g/mol. The molecule has 0 aliphatic carbocycles. The molecular weight excluding hydrogens is 349 g/mol. The third-order valence-electron chi connectivity index (χ3n) is 3.66. The predicted molar refractivity (Wildman–Crippen MR) is 94.8 cm³/mol. The molecule has 1 heterocycles. The highest BCUT2D eigenvalue weighted by Gasteiger charge is 2.18. The van der Waals surface area contributed by atoms with Crippen LogP contribution in [0.2, 0.25) is 10.0 Å². The molecule has 1 N–H and O–H groups in total. The van der Waals surface area contributed by atoms with Gasteiger partial charge in [-0.15, -0.1) is 0 Å². The van der Waals surface area contributed by atoms with E-state index in [0.717, 1.165) is 0 Å². The normalized spacial score (nSPS) is 12.1. The number of hydrogen-bond donors (Lipinski definition) is 1. The number of halogens is 2. The smallest absolute Gasteiger partial charge is 0.349 e. The first-order valence-corrected chi connectivity index (χ1v) is 8.00. The summed E-state index contributed by atoms with van der Waals surface area (Å²) in [5.74, 6) is -0.520. The van der Waals surface area contributed by atoms with Crippen molar-refractivity contribution in [3.8, 4) is 0 Å². The molecule has 0 aliphatic rings. The van der Waals surface area contributed by atoms with Crippen molar-refractivity contribution in [3.05, 3.63) is 80.1 Å². The van der Waals surface area contributed by atoms with Crippen LogP contribution in [0.1, 0.15) is 28.9 Å². The summed E-state index contributed by atoms with van der Waals surface area (Å²) >= 11 is 12.0. The molecule has 0 aliphatic heterocycles. The molecule has 4 nitrogen and oxygen atoms in total. The van der Waals surface area contributed by atoms with E-state index in [2.05, 4.69) is 5.32 Å². The average Bonchev–Trinajstić information content (AvgIpc) is 2.53. The molecule has 0 saturated heterocycles. The summed E-state index contributed by atoms with van der Waals surface area (Å²) in [7, 11) is 0. The van der Waals surface area contributed by atoms with E-state index in [1.807, 2.05) is 0 Å². The van der Waals surface area contributed by atoms with Gasteiger partial charge in [0.25, 0.3) is 5.91 Å². The number of nitrogens with one attached hydrogen (secondary N) is 1. The third-order valence-corrected chi connectivity index (χ3v) is 4.23. The van der Waals surface area contributed by atoms with Crippen LogP contribution >= 0.6 is 23.2 Å². The van der Waals surface area contributed by atoms with Crippen molar-refractivity contribution in [1.82, 2.24) is 5.32 Å². The van der Waals surface area contributed by atoms with Crippen molar-refractivity contribution < 1.29 is 9.21 Å². The van der Waals surface area contributed by atoms with Crippen molar-refractivity contribution >= 4 is 40.1 Å². The maximum absolute atomic E-state index is 12.4. The monoisotopic (exact) mass is 361 g/mol. The second-order valence-electron chi connectivity index (χ2n) is 5.35. The largest absolute Gasteiger partial charge is 0.422 e. The van der Waals surface area contributed by atoms with Crippen LogP contribution in [0.5, 0.6) is 0 Å². The number of hydrogen-bond acceptors (Lipinski definition) is 3. The predicted octanol–water partition coefficient (Wildman–Crippen LogP) is 4.59. The van der Waals surface area contributed by atoms with Crippen LogP contribution in [0.4, 0.5) is 0 Å². The molecule has 1 atom stereocenters. The molecule has 2 aromatic carbocycles. The zero-order valence-electron chi connectivity index (χ0n) is 12.7. The van der Waals surface area contributed by atoms with Crippen LogP contribution in [0, 0.1) is 0 Å². The van der Waals surface area contributed by atoms with Gasteiger partial charge in [-0.3, -0.25) is 4.79 Å². The SMILES string of the molecule is C[C@H](NC(=O)c1cc2ccccc2oc1=O)c1ccc(Cl)cc1Cl. The molecular formula is C18H13Cl2NO3. The van der Waals surface area contributed by atoms with Gasteiger partial charge in [-0.25, -0.2) is 4.79 Å². The van der Waals surface area contributed by atoms with E-state index in [0.29, 0.717) is 26.6 Å². The van der Waals surface area contributed by atoms with E-state index in [1.165, 1.54) is 6.07 Å². The maximum Gasteiger partial charge on any atom is 0.349 e. The van der Waals surface area contributed by atoms with Crippen LogP contribution in [-0.4, -0.2) is 5.91 Å². The fourth-order valence-electron chi connectivity index (χ4n) is 2.43. The highest BCUT2D eigenvalue weighted by atomic mass is 35.5. The van der Waals surface area contributed by atoms with Crippen LogP contribution in [0.3, 0.4) is 0 Å². The topological polar surface area (TPSA) is 59.3 Å². The van der Waals surface area contributed by atoms with Gasteiger partial charge in [-0.1, -0.05) is 47.5 Å². The van der Waals surface area contributed by atoms with Gasteiger partial charge in [-0.05, 0) is 36.8 Å². The summed E-state index contributed by atoms with van der Waals surface area (Å²) in [6.45, 7) is 1.77. The number of amides is 1. The number of carbonyl (C=O) groups excluding carboxylic acids is 1. The molecule has 24 heavy (non-hydrogen) atoms. The minimum Gasteiger partial charge on any atom is -0.422 e. The van der Waals surface area contributed by atoms with Gasteiger partial charge in [-0.2, -0.15) is 0 Å². The lowest BCUT2D eigenvalue weighted by Gasteiger charge is -2.15. The van der Waals surface area contributed by atoms with Crippen LogP contribution in [0.25, 0.3) is 11.0 Å². The van der Waals surface area contributed by atoms with E-state index in [4.69, 9.17) is 27.6 Å². The van der Waals surface area contributed by atoms with E-state index >= 15 is 0 Å². The van der Waals surface area contributed by atoms with Crippen molar-refractivity contribution in [2.45, 2.75) is 13.0 Å². The summed E-state index contributed by atoms with van der Waals surface area (Å²) in [6.07, 6.45) is 0. The van der Waals surface area contributed by atoms with Gasteiger partial charge in [0.15, 0.2) is 0 Å². The van der Waals surface area contributed by atoms with Gasteiger partial charge in [0.1, 0.15) is 11.1 Å². The summed E-state index contributed by atoms with van der Waals surface area (Å²) in [4.78, 5) is 24.5. The Labute approximate surface area is 148 Å². The molecule has 0 bridgehead atoms. The van der Waals surface area contributed by atoms with Gasteiger partial charge in [0.05, 0.1) is 6.04 Å². The van der Waals surface area contributed by atoms with Crippen molar-refractivity contribution in [3.63, 3.8) is 0 Å². The Morgan fingerprint density at radius 2 is 1.88 bits per heavy atom. The number of para-hydroxylation sites is 1. The Morgan fingerprint density at radius 1 is 1.12 bits per heavy atom. The van der Waals surface area contributed by atoms with Crippen molar-refractivity contribution in [2.75, 3.05) is 0 Å². The minimum absolute atomic E-state index is 0.0503. The first-order chi connectivity index (χ1) is 11.5. The summed E-state index contributed by atoms with van der Waals surface area (Å²) in [6, 6.07) is 13.2. The van der Waals surface area contributed by atoms with Crippen molar-refractivity contribution in [1.29, 1.82) is 0 Å². The Bertz CT molecular complexity index is 981. The molecule has 0 saturated carbocycles. The fourth-order valence-corrected chi connectivity index (χ4v) is 3.00. The zero-order chi connectivity index (χ0) is 17.3. The molecule has 0 fully saturated rings. The van der Waals surface area contributed by atoms with E-state index in [1.54, 1.807) is 49.4 Å². The lowest BCUT2D eigenvalue weighted by atomic mass is 10.1. The van der Waals surface area contributed by atoms with Crippen LogP contribution < -0.4 is 10.9 Å². The van der Waals surface area contributed by atoms with E-state index in [-0.39, 0.29) is 5.56 Å². The first kappa shape index (κ1) is 16.6. The number of rotatable bonds is 3. The summed E-state index contributed by atoms with van der Waals surface area (Å²) in [5.41, 5.74) is 0.415. The number of benzene rings is 2. The number of carbonyl (C=O) groups is 1. The maximum atomic E-state index is 12.4. The zero-order valence-corrected chi connectivity index (χ0v) is 14.2. The second kappa shape index (κ2) is 6.67. The molecule has 0 spiro atoms. The quantitative estimate of drug-likeness (QED) is 0.694. The van der Waals surface area contributed by atoms with Gasteiger partial charge in [0.2, 0.25) is 0 Å². The van der Waals surface area contributed by atoms with Gasteiger partial charge >= 0.3 is 5.63 Å². The third kappa shape index (κ3) is 3.30. The Kier molecular flexibility index (Phi) is 4.60. The second-order valence-corrected chi connectivity index (χ2v) is 6.19. The highest BCUT2D eigenvalue weighted by molar-refractivity contribution is 6.35. The van der Waals surface area contributed by atoms with Gasteiger partial charge in [0, 0.05) is 15.4 Å². The Balaban J connectivity index is 1.89. The van der Waals surface area contributed by atoms with E-state index in [9.17, 15) is 9.59 Å². The molecule has 3 rings (SSSR count). The lowest BCUT2D eigenvalue weighted by Crippen LogP contribution is -2.30. The summed E-state index contributed by atoms with van der Waals surface area (Å²) in [5, 5.41) is 4.39. The summed E-state index contributed by atoms with van der Waals surface area (Å²) < 4.78 is 5.18. The Hall–Kier alpha value is -2.30. The van der Waals surface area contributed by atoms with E-state index < -0.39 is 17.6 Å². The first-order valence-electron chi connectivity index (χ1n) is 7.24. The Morgan fingerprint density at radius 3 is 2.62 bits per heavy atom. The fraction of sp³-hybridized carbons (Fsp3) is 0.111. The van der Waals surface area contributed by atoms with Gasteiger partial charge < -0.3 is 9.73 Å². The van der Waals surface area contributed by atoms with Crippen molar-refractivity contribution in [2.24, 2.45) is 0 Å².